The van der Waals surface area contributed by atoms with Crippen molar-refractivity contribution >= 4 is 11.8 Å². The van der Waals surface area contributed by atoms with Gasteiger partial charge in [-0.1, -0.05) is 30.3 Å². The van der Waals surface area contributed by atoms with Gasteiger partial charge in [-0.2, -0.15) is 0 Å². The van der Waals surface area contributed by atoms with E-state index in [-0.39, 0.29) is 30.9 Å². The first-order chi connectivity index (χ1) is 11.1. The number of rotatable bonds is 7. The lowest BCUT2D eigenvalue weighted by atomic mass is 10.0. The van der Waals surface area contributed by atoms with Gasteiger partial charge in [0, 0.05) is 14.1 Å². The predicted molar refractivity (Wildman–Crippen MR) is 86.7 cm³/mol. The Labute approximate surface area is 135 Å². The molecule has 0 bridgehead atoms. The van der Waals surface area contributed by atoms with E-state index in [1.165, 1.54) is 4.90 Å². The Balaban J connectivity index is 1.94. The van der Waals surface area contributed by atoms with Gasteiger partial charge in [0.05, 0.1) is 25.4 Å². The highest BCUT2D eigenvalue weighted by Crippen LogP contribution is 2.21. The number of nitrogens with zero attached hydrogens (tertiary/aromatic N) is 1. The standard InChI is InChI=1S/C17H21N3O3/c1-20(2)16(22)12-18-15(21)11-19-17(14-9-6-10-23-14)13-7-4-3-5-8-13/h3-10,17,19H,11-12H2,1-2H3,(H,18,21)/t17-/m1/s1. The van der Waals surface area contributed by atoms with Crippen molar-refractivity contribution in [2.45, 2.75) is 6.04 Å². The quantitative estimate of drug-likeness (QED) is 0.804. The summed E-state index contributed by atoms with van der Waals surface area (Å²) < 4.78 is 5.46. The minimum atomic E-state index is -0.243. The van der Waals surface area contributed by atoms with Crippen LogP contribution in [0.1, 0.15) is 17.4 Å². The fourth-order valence-corrected chi connectivity index (χ4v) is 2.07. The van der Waals surface area contributed by atoms with E-state index in [4.69, 9.17) is 4.42 Å². The third kappa shape index (κ3) is 4.96. The Morgan fingerprint density at radius 3 is 2.43 bits per heavy atom. The second-order valence-corrected chi connectivity index (χ2v) is 5.30. The molecule has 1 heterocycles. The molecule has 2 amide bonds. The molecule has 0 saturated heterocycles. The predicted octanol–water partition coefficient (Wildman–Crippen LogP) is 1.16. The Bertz CT molecular complexity index is 624. The number of benzene rings is 1. The first-order valence-electron chi connectivity index (χ1n) is 7.36. The molecular formula is C17H21N3O3. The number of carbonyl (C=O) groups excluding carboxylic acids is 2. The maximum absolute atomic E-state index is 11.9. The topological polar surface area (TPSA) is 74.6 Å². The number of likely N-dealkylation sites (N-methyl/N-ethyl adjacent to an activating group) is 1. The van der Waals surface area contributed by atoms with Crippen LogP contribution in [0.4, 0.5) is 0 Å². The van der Waals surface area contributed by atoms with Crippen molar-refractivity contribution in [1.29, 1.82) is 0 Å². The van der Waals surface area contributed by atoms with Gasteiger partial charge >= 0.3 is 0 Å². The van der Waals surface area contributed by atoms with E-state index in [0.717, 1.165) is 11.3 Å². The first-order valence-corrected chi connectivity index (χ1v) is 7.36. The number of furan rings is 1. The Morgan fingerprint density at radius 2 is 1.83 bits per heavy atom. The molecule has 122 valence electrons. The van der Waals surface area contributed by atoms with Crippen molar-refractivity contribution in [3.63, 3.8) is 0 Å². The van der Waals surface area contributed by atoms with Crippen molar-refractivity contribution in [3.8, 4) is 0 Å². The lowest BCUT2D eigenvalue weighted by Gasteiger charge is -2.17. The van der Waals surface area contributed by atoms with Gasteiger partial charge in [-0.3, -0.25) is 14.9 Å². The van der Waals surface area contributed by atoms with Crippen molar-refractivity contribution in [1.82, 2.24) is 15.5 Å². The second-order valence-electron chi connectivity index (χ2n) is 5.30. The Morgan fingerprint density at radius 1 is 1.09 bits per heavy atom. The molecule has 1 atom stereocenters. The monoisotopic (exact) mass is 315 g/mol. The minimum Gasteiger partial charge on any atom is -0.467 e. The zero-order chi connectivity index (χ0) is 16.7. The van der Waals surface area contributed by atoms with E-state index in [1.807, 2.05) is 42.5 Å². The maximum atomic E-state index is 11.9. The van der Waals surface area contributed by atoms with Crippen LogP contribution < -0.4 is 10.6 Å². The maximum Gasteiger partial charge on any atom is 0.241 e. The summed E-state index contributed by atoms with van der Waals surface area (Å²) in [4.78, 5) is 24.8. The summed E-state index contributed by atoms with van der Waals surface area (Å²) in [6.07, 6.45) is 1.60. The summed E-state index contributed by atoms with van der Waals surface area (Å²) in [5.41, 5.74) is 1.000. The smallest absolute Gasteiger partial charge is 0.241 e. The average molecular weight is 315 g/mol. The van der Waals surface area contributed by atoms with Crippen LogP contribution in [0.2, 0.25) is 0 Å². The highest BCUT2D eigenvalue weighted by Gasteiger charge is 2.17. The van der Waals surface area contributed by atoms with Crippen LogP contribution in [-0.2, 0) is 9.59 Å². The second kappa shape index (κ2) is 8.14. The molecule has 2 aromatic rings. The van der Waals surface area contributed by atoms with Crippen molar-refractivity contribution in [3.05, 3.63) is 60.1 Å². The van der Waals surface area contributed by atoms with Gasteiger partial charge in [-0.25, -0.2) is 0 Å². The summed E-state index contributed by atoms with van der Waals surface area (Å²) in [6, 6.07) is 13.2. The molecule has 0 saturated carbocycles. The van der Waals surface area contributed by atoms with Gasteiger partial charge in [-0.05, 0) is 17.7 Å². The number of hydrogen-bond acceptors (Lipinski definition) is 4. The minimum absolute atomic E-state index is 0.00965. The number of hydrogen-bond donors (Lipinski definition) is 2. The van der Waals surface area contributed by atoms with E-state index in [1.54, 1.807) is 20.4 Å². The molecule has 0 spiro atoms. The van der Waals surface area contributed by atoms with Crippen LogP contribution in [0.3, 0.4) is 0 Å². The Kier molecular flexibility index (Phi) is 5.94. The largest absolute Gasteiger partial charge is 0.467 e. The normalized spacial score (nSPS) is 11.7. The molecule has 0 fully saturated rings. The molecule has 6 heteroatoms. The lowest BCUT2D eigenvalue weighted by molar-refractivity contribution is -0.130. The molecule has 0 aliphatic heterocycles. The molecule has 6 nitrogen and oxygen atoms in total. The van der Waals surface area contributed by atoms with Gasteiger partial charge in [0.1, 0.15) is 5.76 Å². The summed E-state index contributed by atoms with van der Waals surface area (Å²) in [5, 5.41) is 5.75. The highest BCUT2D eigenvalue weighted by atomic mass is 16.3. The van der Waals surface area contributed by atoms with Gasteiger partial charge < -0.3 is 14.6 Å². The van der Waals surface area contributed by atoms with Gasteiger partial charge in [0.15, 0.2) is 0 Å². The first kappa shape index (κ1) is 16.8. The fraction of sp³-hybridized carbons (Fsp3) is 0.294. The summed E-state index contributed by atoms with van der Waals surface area (Å²) in [7, 11) is 3.30. The lowest BCUT2D eigenvalue weighted by Crippen LogP contribution is -2.41. The molecule has 2 N–H and O–H groups in total. The third-order valence-electron chi connectivity index (χ3n) is 3.36. The van der Waals surface area contributed by atoms with Crippen molar-refractivity contribution in [2.24, 2.45) is 0 Å². The number of carbonyl (C=O) groups is 2. The van der Waals surface area contributed by atoms with Crippen LogP contribution >= 0.6 is 0 Å². The van der Waals surface area contributed by atoms with E-state index < -0.39 is 0 Å². The Hall–Kier alpha value is -2.60. The molecule has 23 heavy (non-hydrogen) atoms. The molecule has 1 aromatic carbocycles. The molecule has 0 aliphatic rings. The summed E-state index contributed by atoms with van der Waals surface area (Å²) >= 11 is 0. The molecule has 1 aromatic heterocycles. The summed E-state index contributed by atoms with van der Waals surface area (Å²) in [5.74, 6) is 0.338. The van der Waals surface area contributed by atoms with Gasteiger partial charge in [0.25, 0.3) is 0 Å². The average Bonchev–Trinajstić information content (AvgIpc) is 3.08. The van der Waals surface area contributed by atoms with E-state index in [2.05, 4.69) is 10.6 Å². The molecule has 0 radical (unpaired) electrons. The van der Waals surface area contributed by atoms with Crippen molar-refractivity contribution < 1.29 is 14.0 Å². The molecular weight excluding hydrogens is 294 g/mol. The van der Waals surface area contributed by atoms with E-state index in [0.29, 0.717) is 0 Å². The highest BCUT2D eigenvalue weighted by molar-refractivity contribution is 5.85. The van der Waals surface area contributed by atoms with Crippen LogP contribution in [0.25, 0.3) is 0 Å². The van der Waals surface area contributed by atoms with E-state index in [9.17, 15) is 9.59 Å². The summed E-state index contributed by atoms with van der Waals surface area (Å²) in [6.45, 7) is 0.0746. The van der Waals surface area contributed by atoms with Crippen LogP contribution in [-0.4, -0.2) is 43.9 Å². The molecule has 2 rings (SSSR count). The third-order valence-corrected chi connectivity index (χ3v) is 3.36. The van der Waals surface area contributed by atoms with E-state index >= 15 is 0 Å². The molecule has 0 aliphatic carbocycles. The number of nitrogens with one attached hydrogen (secondary N) is 2. The van der Waals surface area contributed by atoms with Gasteiger partial charge in [-0.15, -0.1) is 0 Å². The van der Waals surface area contributed by atoms with Crippen molar-refractivity contribution in [2.75, 3.05) is 27.2 Å². The van der Waals surface area contributed by atoms with Crippen LogP contribution in [0.15, 0.2) is 53.1 Å². The fourth-order valence-electron chi connectivity index (χ4n) is 2.07. The number of amides is 2. The SMILES string of the molecule is CN(C)C(=O)CNC(=O)CN[C@H](c1ccccc1)c1ccco1. The van der Waals surface area contributed by atoms with Crippen LogP contribution in [0, 0.1) is 0 Å². The molecule has 0 unspecified atom stereocenters. The zero-order valence-electron chi connectivity index (χ0n) is 13.3. The van der Waals surface area contributed by atoms with Gasteiger partial charge in [0.2, 0.25) is 11.8 Å². The van der Waals surface area contributed by atoms with Crippen LogP contribution in [0.5, 0.6) is 0 Å². The zero-order valence-corrected chi connectivity index (χ0v) is 13.3.